The zero-order valence-corrected chi connectivity index (χ0v) is 9.59. The molecule has 1 heterocycles. The Hall–Kier alpha value is -1.30. The molecule has 16 heavy (non-hydrogen) atoms. The van der Waals surface area contributed by atoms with Gasteiger partial charge in [-0.2, -0.15) is 0 Å². The van der Waals surface area contributed by atoms with Gasteiger partial charge in [0.15, 0.2) is 6.54 Å². The summed E-state index contributed by atoms with van der Waals surface area (Å²) in [6, 6.07) is 4.78. The van der Waals surface area contributed by atoms with Gasteiger partial charge in [0, 0.05) is 0 Å². The fourth-order valence-corrected chi connectivity index (χ4v) is 1.43. The van der Waals surface area contributed by atoms with E-state index in [-0.39, 0.29) is 29.1 Å². The maximum absolute atomic E-state index is 10.8. The van der Waals surface area contributed by atoms with E-state index in [0.717, 1.165) is 5.56 Å². The number of halogens is 2. The van der Waals surface area contributed by atoms with Gasteiger partial charge in [0.25, 0.3) is 5.91 Å². The van der Waals surface area contributed by atoms with Crippen molar-refractivity contribution in [1.82, 2.24) is 5.43 Å². The Morgan fingerprint density at radius 3 is 2.81 bits per heavy atom. The summed E-state index contributed by atoms with van der Waals surface area (Å²) < 4.78 is 0. The summed E-state index contributed by atoms with van der Waals surface area (Å²) >= 11 is 5.76. The number of phenols is 1. The van der Waals surface area contributed by atoms with Gasteiger partial charge in [-0.3, -0.25) is 10.1 Å². The first-order chi connectivity index (χ1) is 7.16. The highest BCUT2D eigenvalue weighted by molar-refractivity contribution is 6.32. The van der Waals surface area contributed by atoms with Crippen LogP contribution < -0.4 is 23.1 Å². The third-order valence-electron chi connectivity index (χ3n) is 2.03. The average molecular weight is 262 g/mol. The lowest BCUT2D eigenvalue weighted by atomic mass is 10.2. The van der Waals surface area contributed by atoms with Crippen LogP contribution in [0.2, 0.25) is 5.02 Å². The summed E-state index contributed by atoms with van der Waals surface area (Å²) in [5.74, 6) is 0.543. The molecule has 1 amide bonds. The van der Waals surface area contributed by atoms with Crippen LogP contribution in [0.3, 0.4) is 0 Å². The molecule has 5 nitrogen and oxygen atoms in total. The van der Waals surface area contributed by atoms with Crippen molar-refractivity contribution in [3.05, 3.63) is 28.8 Å². The Bertz CT molecular complexity index is 448. The third kappa shape index (κ3) is 2.63. The van der Waals surface area contributed by atoms with Crippen LogP contribution in [0.5, 0.6) is 5.75 Å². The number of nitrogens with zero attached hydrogens (tertiary/aromatic N) is 1. The number of nitrogens with two attached hydrogens (primary N) is 1. The summed E-state index contributed by atoms with van der Waals surface area (Å²) in [7, 11) is 0. The number of phenolic OH excluding ortho intramolecular Hbond substituents is 1. The number of nitrogens with one attached hydrogen (secondary N) is 1. The molecule has 0 saturated heterocycles. The molecule has 0 bridgehead atoms. The van der Waals surface area contributed by atoms with Gasteiger partial charge in [0.2, 0.25) is 5.84 Å². The van der Waals surface area contributed by atoms with Crippen molar-refractivity contribution in [3.63, 3.8) is 0 Å². The zero-order valence-electron chi connectivity index (χ0n) is 8.08. The van der Waals surface area contributed by atoms with Gasteiger partial charge in [-0.25, -0.2) is 5.43 Å². The van der Waals surface area contributed by atoms with E-state index in [2.05, 4.69) is 10.5 Å². The molecule has 0 fully saturated rings. The Kier molecular flexibility index (Phi) is 4.12. The lowest BCUT2D eigenvalue weighted by Gasteiger charge is -2.09. The summed E-state index contributed by atoms with van der Waals surface area (Å²) in [6.45, 7) is 0.303. The SMILES string of the molecule is O=C1C[NH2+]C(c2ccc(O)c(Cl)c2)=NN1.[Cl-]. The maximum Gasteiger partial charge on any atom is 0.295 e. The summed E-state index contributed by atoms with van der Waals surface area (Å²) in [5.41, 5.74) is 3.14. The first-order valence-electron chi connectivity index (χ1n) is 4.35. The van der Waals surface area contributed by atoms with E-state index in [9.17, 15) is 9.90 Å². The maximum atomic E-state index is 10.8. The van der Waals surface area contributed by atoms with Gasteiger partial charge < -0.3 is 17.5 Å². The molecule has 0 radical (unpaired) electrons. The van der Waals surface area contributed by atoms with Gasteiger partial charge in [-0.1, -0.05) is 11.6 Å². The summed E-state index contributed by atoms with van der Waals surface area (Å²) in [5, 5.41) is 15.1. The second-order valence-electron chi connectivity index (χ2n) is 3.11. The van der Waals surface area contributed by atoms with Crippen LogP contribution in [0, 0.1) is 0 Å². The fourth-order valence-electron chi connectivity index (χ4n) is 1.25. The molecular weight excluding hydrogens is 253 g/mol. The monoisotopic (exact) mass is 261 g/mol. The number of carbonyl (C=O) groups is 1. The first-order valence-corrected chi connectivity index (χ1v) is 4.73. The van der Waals surface area contributed by atoms with E-state index in [1.165, 1.54) is 6.07 Å². The Morgan fingerprint density at radius 2 is 2.25 bits per heavy atom. The number of amides is 1. The Balaban J connectivity index is 0.00000128. The number of amidine groups is 1. The molecule has 4 N–H and O–H groups in total. The van der Waals surface area contributed by atoms with Crippen LogP contribution in [0.25, 0.3) is 0 Å². The van der Waals surface area contributed by atoms with Crippen molar-refractivity contribution < 1.29 is 27.6 Å². The van der Waals surface area contributed by atoms with Crippen molar-refractivity contribution in [2.75, 3.05) is 6.54 Å². The highest BCUT2D eigenvalue weighted by atomic mass is 35.5. The molecule has 1 aromatic rings. The molecule has 1 aromatic carbocycles. The smallest absolute Gasteiger partial charge is 0.295 e. The number of carbonyl (C=O) groups excluding carboxylic acids is 1. The summed E-state index contributed by atoms with van der Waals surface area (Å²) in [4.78, 5) is 10.8. The zero-order chi connectivity index (χ0) is 10.8. The van der Waals surface area contributed by atoms with Gasteiger partial charge in [0.05, 0.1) is 10.6 Å². The minimum absolute atomic E-state index is 0. The molecule has 1 aliphatic rings. The van der Waals surface area contributed by atoms with Gasteiger partial charge in [0.1, 0.15) is 5.75 Å². The predicted molar refractivity (Wildman–Crippen MR) is 54.6 cm³/mol. The summed E-state index contributed by atoms with van der Waals surface area (Å²) in [6.07, 6.45) is 0. The van der Waals surface area contributed by atoms with E-state index < -0.39 is 0 Å². The molecule has 0 saturated carbocycles. The van der Waals surface area contributed by atoms with Gasteiger partial charge in [-0.05, 0) is 18.2 Å². The topological polar surface area (TPSA) is 78.3 Å². The number of hydrogen-bond donors (Lipinski definition) is 3. The standard InChI is InChI=1S/C9H8ClN3O2.ClH/c10-6-3-5(1-2-7(6)14)9-11-4-8(15)12-13-9;/h1-3,14H,4H2,(H,11,13)(H,12,15);1H. The van der Waals surface area contributed by atoms with E-state index in [0.29, 0.717) is 12.4 Å². The molecule has 1 aliphatic heterocycles. The van der Waals surface area contributed by atoms with Crippen LogP contribution in [-0.2, 0) is 4.79 Å². The highest BCUT2D eigenvalue weighted by Crippen LogP contribution is 2.23. The van der Waals surface area contributed by atoms with Crippen LogP contribution in [0.15, 0.2) is 23.3 Å². The van der Waals surface area contributed by atoms with Gasteiger partial charge in [-0.15, -0.1) is 5.10 Å². The van der Waals surface area contributed by atoms with E-state index in [1.54, 1.807) is 17.4 Å². The third-order valence-corrected chi connectivity index (χ3v) is 2.33. The second kappa shape index (κ2) is 5.16. The molecule has 2 rings (SSSR count). The quantitative estimate of drug-likeness (QED) is 0.489. The second-order valence-corrected chi connectivity index (χ2v) is 3.51. The number of aromatic hydroxyl groups is 1. The Morgan fingerprint density at radius 1 is 1.50 bits per heavy atom. The lowest BCUT2D eigenvalue weighted by Crippen LogP contribution is -3.00. The molecule has 0 atom stereocenters. The van der Waals surface area contributed by atoms with Crippen molar-refractivity contribution in [3.8, 4) is 5.75 Å². The fraction of sp³-hybridized carbons (Fsp3) is 0.111. The van der Waals surface area contributed by atoms with E-state index >= 15 is 0 Å². The van der Waals surface area contributed by atoms with Crippen molar-refractivity contribution in [1.29, 1.82) is 0 Å². The van der Waals surface area contributed by atoms with Crippen LogP contribution >= 0.6 is 11.6 Å². The van der Waals surface area contributed by atoms with E-state index in [1.807, 2.05) is 0 Å². The average Bonchev–Trinajstić information content (AvgIpc) is 2.23. The van der Waals surface area contributed by atoms with Crippen LogP contribution in [0.1, 0.15) is 5.56 Å². The minimum atomic E-state index is -0.136. The number of hydrazone groups is 1. The molecular formula is C9H9Cl2N3O2. The molecule has 0 aliphatic carbocycles. The molecule has 0 aromatic heterocycles. The number of benzene rings is 1. The van der Waals surface area contributed by atoms with Crippen molar-refractivity contribution >= 4 is 23.3 Å². The molecule has 7 heteroatoms. The van der Waals surface area contributed by atoms with Crippen LogP contribution in [0.4, 0.5) is 0 Å². The number of quaternary nitrogens is 1. The molecule has 86 valence electrons. The molecule has 0 unspecified atom stereocenters. The number of rotatable bonds is 1. The van der Waals surface area contributed by atoms with E-state index in [4.69, 9.17) is 11.6 Å². The van der Waals surface area contributed by atoms with Crippen molar-refractivity contribution in [2.24, 2.45) is 5.10 Å². The van der Waals surface area contributed by atoms with Crippen LogP contribution in [-0.4, -0.2) is 23.4 Å². The minimum Gasteiger partial charge on any atom is -1.00 e. The number of hydrogen-bond acceptors (Lipinski definition) is 3. The first kappa shape index (κ1) is 12.8. The normalized spacial score (nSPS) is 14.8. The van der Waals surface area contributed by atoms with Gasteiger partial charge >= 0.3 is 0 Å². The Labute approximate surface area is 103 Å². The largest absolute Gasteiger partial charge is 1.00 e. The van der Waals surface area contributed by atoms with Crippen molar-refractivity contribution in [2.45, 2.75) is 0 Å². The molecule has 0 spiro atoms. The highest BCUT2D eigenvalue weighted by Gasteiger charge is 2.17. The lowest BCUT2D eigenvalue weighted by molar-refractivity contribution is -0.529. The predicted octanol–water partition coefficient (Wildman–Crippen LogP) is -3.60.